The van der Waals surface area contributed by atoms with E-state index in [2.05, 4.69) is 4.74 Å². The van der Waals surface area contributed by atoms with E-state index in [1.54, 1.807) is 19.9 Å². The van der Waals surface area contributed by atoms with Gasteiger partial charge in [-0.3, -0.25) is 4.79 Å². The topological polar surface area (TPSA) is 82.1 Å². The normalized spacial score (nSPS) is 18.2. The van der Waals surface area contributed by atoms with Crippen molar-refractivity contribution >= 4 is 11.9 Å². The van der Waals surface area contributed by atoms with Gasteiger partial charge in [0.1, 0.15) is 23.7 Å². The Kier molecular flexibility index (Phi) is 3.42. The lowest BCUT2D eigenvalue weighted by atomic mass is 9.94. The Morgan fingerprint density at radius 2 is 2.21 bits per heavy atom. The second kappa shape index (κ2) is 7.38. The maximum Gasteiger partial charge on any atom is 0.342 e. The fourth-order valence-electron chi connectivity index (χ4n) is 2.62. The quantitative estimate of drug-likeness (QED) is 0.633. The molecule has 6 nitrogen and oxygen atoms in total. The van der Waals surface area contributed by atoms with Crippen LogP contribution < -0.4 is 4.74 Å². The van der Waals surface area contributed by atoms with Gasteiger partial charge in [0.05, 0.1) is 22.3 Å². The molecule has 2 rings (SSSR count). The Hall–Kier alpha value is -2.50. The Morgan fingerprint density at radius 1 is 1.42 bits per heavy atom. The van der Waals surface area contributed by atoms with Gasteiger partial charge < -0.3 is 19.3 Å². The minimum absolute atomic E-state index is 0.0127. The molecule has 130 valence electrons. The molecule has 0 aromatic heterocycles. The molecule has 1 aliphatic rings. The third-order valence-corrected chi connectivity index (χ3v) is 4.04. The van der Waals surface area contributed by atoms with Crippen LogP contribution in [0.25, 0.3) is 0 Å². The van der Waals surface area contributed by atoms with Crippen LogP contribution in [0.15, 0.2) is 11.6 Å². The van der Waals surface area contributed by atoms with Crippen LogP contribution in [0, 0.1) is 6.92 Å². The summed E-state index contributed by atoms with van der Waals surface area (Å²) >= 11 is 0. The second-order valence-corrected chi connectivity index (χ2v) is 5.54. The number of methoxy groups -OCH3 is 2. The lowest BCUT2D eigenvalue weighted by molar-refractivity contribution is -0.140. The summed E-state index contributed by atoms with van der Waals surface area (Å²) in [6, 6.07) is 0. The average Bonchev–Trinajstić information content (AvgIpc) is 2.96. The standard InChI is InChI=1S/C18H22O6/c1-10(6-8-14(19)22-3)5-7-12-16(20)15-13(9-24-18(15)21)11(2)17(12)23-4/h5,20H,6-9H2,1-4H3/b10-5+/i3D3,4D3. The first-order valence-electron chi connectivity index (χ1n) is 10.3. The minimum Gasteiger partial charge on any atom is -0.507 e. The molecule has 0 spiro atoms. The highest BCUT2D eigenvalue weighted by molar-refractivity contribution is 5.98. The van der Waals surface area contributed by atoms with Crippen molar-refractivity contribution in [2.45, 2.75) is 39.7 Å². The Labute approximate surface area is 149 Å². The van der Waals surface area contributed by atoms with Crippen molar-refractivity contribution in [3.63, 3.8) is 0 Å². The number of esters is 2. The number of fused-ring (bicyclic) bond motifs is 1. The molecule has 0 saturated heterocycles. The number of hydrogen-bond donors (Lipinski definition) is 1. The number of allylic oxidation sites excluding steroid dienone is 2. The summed E-state index contributed by atoms with van der Waals surface area (Å²) < 4.78 is 57.2. The Morgan fingerprint density at radius 3 is 2.92 bits per heavy atom. The van der Waals surface area contributed by atoms with Crippen LogP contribution in [0.3, 0.4) is 0 Å². The van der Waals surface area contributed by atoms with E-state index in [-0.39, 0.29) is 42.7 Å². The van der Waals surface area contributed by atoms with Crippen molar-refractivity contribution in [3.8, 4) is 11.5 Å². The Balaban J connectivity index is 2.28. The highest BCUT2D eigenvalue weighted by Crippen LogP contribution is 2.42. The number of aromatic hydroxyl groups is 1. The molecule has 0 fully saturated rings. The van der Waals surface area contributed by atoms with E-state index in [9.17, 15) is 14.7 Å². The van der Waals surface area contributed by atoms with Crippen LogP contribution in [-0.4, -0.2) is 31.1 Å². The van der Waals surface area contributed by atoms with Gasteiger partial charge in [-0.2, -0.15) is 0 Å². The van der Waals surface area contributed by atoms with Gasteiger partial charge in [-0.25, -0.2) is 4.79 Å². The first-order chi connectivity index (χ1) is 13.7. The third kappa shape index (κ3) is 3.37. The highest BCUT2D eigenvalue weighted by atomic mass is 16.5. The lowest BCUT2D eigenvalue weighted by Crippen LogP contribution is -2.03. The van der Waals surface area contributed by atoms with Crippen molar-refractivity contribution in [3.05, 3.63) is 33.9 Å². The second-order valence-electron chi connectivity index (χ2n) is 5.54. The van der Waals surface area contributed by atoms with E-state index in [0.29, 0.717) is 16.7 Å². The molecular weight excluding hydrogens is 312 g/mol. The van der Waals surface area contributed by atoms with Crippen LogP contribution >= 0.6 is 0 Å². The first-order valence-corrected chi connectivity index (χ1v) is 7.30. The van der Waals surface area contributed by atoms with Gasteiger partial charge in [0, 0.05) is 17.5 Å². The zero-order chi connectivity index (χ0) is 22.9. The van der Waals surface area contributed by atoms with Gasteiger partial charge in [-0.05, 0) is 32.3 Å². The first kappa shape index (κ1) is 11.1. The molecule has 0 saturated carbocycles. The molecule has 1 aromatic carbocycles. The fourth-order valence-corrected chi connectivity index (χ4v) is 2.62. The highest BCUT2D eigenvalue weighted by Gasteiger charge is 2.31. The number of hydrogen-bond acceptors (Lipinski definition) is 6. The van der Waals surface area contributed by atoms with Crippen molar-refractivity contribution in [1.29, 1.82) is 0 Å². The number of benzene rings is 1. The monoisotopic (exact) mass is 340 g/mol. The van der Waals surface area contributed by atoms with E-state index >= 15 is 0 Å². The summed E-state index contributed by atoms with van der Waals surface area (Å²) in [5, 5.41) is 10.6. The summed E-state index contributed by atoms with van der Waals surface area (Å²) in [7, 11) is -5.58. The average molecular weight is 340 g/mol. The van der Waals surface area contributed by atoms with Crippen molar-refractivity contribution in [1.82, 2.24) is 0 Å². The summed E-state index contributed by atoms with van der Waals surface area (Å²) in [6.45, 7) is 3.16. The van der Waals surface area contributed by atoms with Crippen LogP contribution in [0.2, 0.25) is 0 Å². The zero-order valence-electron chi connectivity index (χ0n) is 19.4. The summed E-state index contributed by atoms with van der Waals surface area (Å²) in [5.41, 5.74) is 1.50. The van der Waals surface area contributed by atoms with Gasteiger partial charge in [0.25, 0.3) is 0 Å². The van der Waals surface area contributed by atoms with E-state index in [0.717, 1.165) is 0 Å². The molecule has 1 aromatic rings. The fraction of sp³-hybridized carbons (Fsp3) is 0.444. The van der Waals surface area contributed by atoms with Gasteiger partial charge in [0.2, 0.25) is 0 Å². The summed E-state index contributed by atoms with van der Waals surface area (Å²) in [5.74, 6) is -2.06. The molecule has 0 atom stereocenters. The number of ether oxygens (including phenoxy) is 3. The lowest BCUT2D eigenvalue weighted by Gasteiger charge is -2.15. The van der Waals surface area contributed by atoms with Crippen molar-refractivity contribution in [2.75, 3.05) is 14.1 Å². The maximum atomic E-state index is 12.0. The van der Waals surface area contributed by atoms with Crippen LogP contribution in [-0.2, 0) is 27.3 Å². The number of phenolic OH excluding ortho intramolecular Hbond substituents is 1. The SMILES string of the molecule is [2H]C([2H])([2H])OC(=O)CC/C(C)=C/Cc1c(O)c2c(c(C)c1OC([2H])([2H])[2H])COC2=O. The number of carbonyl (C=O) groups excluding carboxylic acids is 2. The predicted octanol–water partition coefficient (Wildman–Crippen LogP) is 2.82. The largest absolute Gasteiger partial charge is 0.507 e. The molecule has 0 aliphatic carbocycles. The van der Waals surface area contributed by atoms with Crippen molar-refractivity contribution in [2.24, 2.45) is 0 Å². The van der Waals surface area contributed by atoms with E-state index in [4.69, 9.17) is 17.7 Å². The molecule has 0 bridgehead atoms. The molecule has 24 heavy (non-hydrogen) atoms. The number of rotatable bonds is 6. The minimum atomic E-state index is -2.81. The van der Waals surface area contributed by atoms with E-state index in [1.165, 1.54) is 0 Å². The number of cyclic esters (lactones) is 1. The van der Waals surface area contributed by atoms with Gasteiger partial charge in [-0.1, -0.05) is 11.6 Å². The molecule has 1 aliphatic heterocycles. The van der Waals surface area contributed by atoms with Gasteiger partial charge in [-0.15, -0.1) is 0 Å². The number of carbonyl (C=O) groups is 2. The molecule has 0 amide bonds. The smallest absolute Gasteiger partial charge is 0.342 e. The Bertz CT molecular complexity index is 885. The van der Waals surface area contributed by atoms with Crippen LogP contribution in [0.1, 0.15) is 55.0 Å². The molecule has 0 unspecified atom stereocenters. The van der Waals surface area contributed by atoms with Crippen LogP contribution in [0.4, 0.5) is 0 Å². The van der Waals surface area contributed by atoms with Crippen LogP contribution in [0.5, 0.6) is 11.5 Å². The molecule has 1 heterocycles. The molecule has 1 N–H and O–H groups in total. The molecule has 0 radical (unpaired) electrons. The summed E-state index contributed by atoms with van der Waals surface area (Å²) in [4.78, 5) is 23.5. The van der Waals surface area contributed by atoms with E-state index in [1.807, 2.05) is 0 Å². The van der Waals surface area contributed by atoms with Gasteiger partial charge >= 0.3 is 11.9 Å². The zero-order valence-corrected chi connectivity index (χ0v) is 13.4. The van der Waals surface area contributed by atoms with Crippen molar-refractivity contribution < 1.29 is 37.1 Å². The van der Waals surface area contributed by atoms with Gasteiger partial charge in [0.15, 0.2) is 0 Å². The summed E-state index contributed by atoms with van der Waals surface area (Å²) in [6.07, 6.45) is 1.66. The molecule has 6 heteroatoms. The third-order valence-electron chi connectivity index (χ3n) is 4.04. The maximum absolute atomic E-state index is 12.0. The number of phenols is 1. The van der Waals surface area contributed by atoms with E-state index < -0.39 is 31.8 Å². The molecular formula is C18H22O6. The predicted molar refractivity (Wildman–Crippen MR) is 87.2 cm³/mol.